The molecule has 2 rings (SSSR count). The quantitative estimate of drug-likeness (QED) is 0.483. The lowest BCUT2D eigenvalue weighted by atomic mass is 10.1. The summed E-state index contributed by atoms with van der Waals surface area (Å²) in [7, 11) is 0. The lowest BCUT2D eigenvalue weighted by Gasteiger charge is -2.27. The van der Waals surface area contributed by atoms with Crippen molar-refractivity contribution in [3.8, 4) is 0 Å². The third-order valence-corrected chi connectivity index (χ3v) is 3.75. The number of hydrogen-bond acceptors (Lipinski definition) is 1. The van der Waals surface area contributed by atoms with Gasteiger partial charge >= 0.3 is 0 Å². The largest absolute Gasteiger partial charge is 0.341 e. The van der Waals surface area contributed by atoms with Gasteiger partial charge in [0.15, 0.2) is 0 Å². The zero-order chi connectivity index (χ0) is 15.2. The molecule has 0 atom stereocenters. The van der Waals surface area contributed by atoms with Crippen molar-refractivity contribution in [2.45, 2.75) is 33.6 Å². The fourth-order valence-corrected chi connectivity index (χ4v) is 2.69. The molecule has 2 aromatic rings. The second-order valence-electron chi connectivity index (χ2n) is 5.71. The molecule has 0 heterocycles. The Bertz CT molecular complexity index is 613. The highest BCUT2D eigenvalue weighted by molar-refractivity contribution is 5.67. The first-order valence-corrected chi connectivity index (χ1v) is 7.64. The molecule has 2 aromatic carbocycles. The maximum Gasteiger partial charge on any atom is 0.0440 e. The van der Waals surface area contributed by atoms with Crippen LogP contribution in [-0.2, 0) is 0 Å². The molecule has 1 nitrogen and oxygen atoms in total. The number of aryl methyl sites for hydroxylation is 3. The molecular formula is C20H25N. The van der Waals surface area contributed by atoms with Crippen LogP contribution in [0.15, 0.2) is 55.1 Å². The number of unbranched alkanes of at least 4 members (excludes halogenated alkanes) is 1. The Hall–Kier alpha value is -2.02. The van der Waals surface area contributed by atoms with Crippen molar-refractivity contribution in [2.24, 2.45) is 0 Å². The summed E-state index contributed by atoms with van der Waals surface area (Å²) < 4.78 is 0. The Morgan fingerprint density at radius 3 is 2.43 bits per heavy atom. The summed E-state index contributed by atoms with van der Waals surface area (Å²) in [4.78, 5) is 2.42. The molecule has 0 spiro atoms. The topological polar surface area (TPSA) is 3.24 Å². The van der Waals surface area contributed by atoms with E-state index in [-0.39, 0.29) is 0 Å². The van der Waals surface area contributed by atoms with Gasteiger partial charge in [-0.05, 0) is 62.9 Å². The van der Waals surface area contributed by atoms with Gasteiger partial charge in [0.25, 0.3) is 0 Å². The van der Waals surface area contributed by atoms with E-state index < -0.39 is 0 Å². The third-order valence-electron chi connectivity index (χ3n) is 3.75. The molecule has 21 heavy (non-hydrogen) atoms. The lowest BCUT2D eigenvalue weighted by molar-refractivity contribution is 0.824. The van der Waals surface area contributed by atoms with Crippen molar-refractivity contribution in [3.05, 3.63) is 71.8 Å². The van der Waals surface area contributed by atoms with Crippen LogP contribution < -0.4 is 4.90 Å². The zero-order valence-corrected chi connectivity index (χ0v) is 13.4. The van der Waals surface area contributed by atoms with Crippen LogP contribution in [0.4, 0.5) is 11.4 Å². The van der Waals surface area contributed by atoms with Gasteiger partial charge in [-0.3, -0.25) is 0 Å². The SMILES string of the molecule is C=CCCCN(c1cccc(C)c1)c1ccc(C)cc1C. The van der Waals surface area contributed by atoms with E-state index in [0.717, 1.165) is 19.4 Å². The molecule has 0 radical (unpaired) electrons. The second kappa shape index (κ2) is 7.12. The summed E-state index contributed by atoms with van der Waals surface area (Å²) in [5.41, 5.74) is 6.51. The van der Waals surface area contributed by atoms with E-state index in [1.807, 2.05) is 6.08 Å². The van der Waals surface area contributed by atoms with Crippen molar-refractivity contribution in [1.82, 2.24) is 0 Å². The minimum atomic E-state index is 1.01. The maximum absolute atomic E-state index is 3.83. The molecule has 0 aliphatic rings. The first kappa shape index (κ1) is 15.4. The molecule has 0 aromatic heterocycles. The van der Waals surface area contributed by atoms with E-state index >= 15 is 0 Å². The average Bonchev–Trinajstić information content (AvgIpc) is 2.45. The van der Waals surface area contributed by atoms with Gasteiger partial charge in [-0.15, -0.1) is 6.58 Å². The highest BCUT2D eigenvalue weighted by Crippen LogP contribution is 2.30. The maximum atomic E-state index is 3.83. The molecule has 0 bridgehead atoms. The van der Waals surface area contributed by atoms with Crippen LogP contribution >= 0.6 is 0 Å². The molecule has 0 aliphatic carbocycles. The summed E-state index contributed by atoms with van der Waals surface area (Å²) >= 11 is 0. The fourth-order valence-electron chi connectivity index (χ4n) is 2.69. The van der Waals surface area contributed by atoms with Crippen LogP contribution in [0.25, 0.3) is 0 Å². The predicted octanol–water partition coefficient (Wildman–Crippen LogP) is 5.72. The molecule has 110 valence electrons. The average molecular weight is 279 g/mol. The molecule has 0 amide bonds. The number of allylic oxidation sites excluding steroid dienone is 1. The zero-order valence-electron chi connectivity index (χ0n) is 13.4. The van der Waals surface area contributed by atoms with Gasteiger partial charge in [-0.25, -0.2) is 0 Å². The molecular weight excluding hydrogens is 254 g/mol. The Labute approximate surface area is 128 Å². The van der Waals surface area contributed by atoms with E-state index in [9.17, 15) is 0 Å². The first-order valence-electron chi connectivity index (χ1n) is 7.64. The Kier molecular flexibility index (Phi) is 5.21. The molecule has 0 fully saturated rings. The van der Waals surface area contributed by atoms with Gasteiger partial charge in [0, 0.05) is 17.9 Å². The second-order valence-corrected chi connectivity index (χ2v) is 5.71. The van der Waals surface area contributed by atoms with Crippen LogP contribution in [0.2, 0.25) is 0 Å². The van der Waals surface area contributed by atoms with Gasteiger partial charge in [0.1, 0.15) is 0 Å². The Morgan fingerprint density at radius 2 is 1.76 bits per heavy atom. The minimum Gasteiger partial charge on any atom is -0.341 e. The number of nitrogens with zero attached hydrogens (tertiary/aromatic N) is 1. The monoisotopic (exact) mass is 279 g/mol. The Morgan fingerprint density at radius 1 is 1.00 bits per heavy atom. The molecule has 0 N–H and O–H groups in total. The van der Waals surface area contributed by atoms with E-state index in [4.69, 9.17) is 0 Å². The van der Waals surface area contributed by atoms with Gasteiger partial charge < -0.3 is 4.90 Å². The van der Waals surface area contributed by atoms with Crippen LogP contribution in [0.1, 0.15) is 29.5 Å². The van der Waals surface area contributed by atoms with Crippen molar-refractivity contribution in [1.29, 1.82) is 0 Å². The van der Waals surface area contributed by atoms with E-state index in [1.54, 1.807) is 0 Å². The molecule has 0 saturated heterocycles. The number of hydrogen-bond donors (Lipinski definition) is 0. The molecule has 0 aliphatic heterocycles. The molecule has 0 saturated carbocycles. The van der Waals surface area contributed by atoms with Gasteiger partial charge in [-0.2, -0.15) is 0 Å². The lowest BCUT2D eigenvalue weighted by Crippen LogP contribution is -2.19. The normalized spacial score (nSPS) is 10.4. The first-order chi connectivity index (χ1) is 10.1. The van der Waals surface area contributed by atoms with Crippen LogP contribution in [0.3, 0.4) is 0 Å². The molecule has 1 heteroatoms. The van der Waals surface area contributed by atoms with Crippen LogP contribution in [0.5, 0.6) is 0 Å². The number of anilines is 2. The van der Waals surface area contributed by atoms with Crippen molar-refractivity contribution in [3.63, 3.8) is 0 Å². The van der Waals surface area contributed by atoms with E-state index in [1.165, 1.54) is 28.1 Å². The third kappa shape index (κ3) is 3.98. The van der Waals surface area contributed by atoms with E-state index in [2.05, 4.69) is 74.7 Å². The number of rotatable bonds is 6. The van der Waals surface area contributed by atoms with Crippen molar-refractivity contribution < 1.29 is 0 Å². The van der Waals surface area contributed by atoms with Crippen molar-refractivity contribution in [2.75, 3.05) is 11.4 Å². The van der Waals surface area contributed by atoms with Crippen LogP contribution in [0, 0.1) is 20.8 Å². The highest BCUT2D eigenvalue weighted by atomic mass is 15.1. The van der Waals surface area contributed by atoms with Gasteiger partial charge in [0.05, 0.1) is 0 Å². The summed E-state index contributed by atoms with van der Waals surface area (Å²) in [6, 6.07) is 15.4. The van der Waals surface area contributed by atoms with Gasteiger partial charge in [-0.1, -0.05) is 35.9 Å². The Balaban J connectivity index is 2.37. The number of benzene rings is 2. The van der Waals surface area contributed by atoms with E-state index in [0.29, 0.717) is 0 Å². The molecule has 0 unspecified atom stereocenters. The smallest absolute Gasteiger partial charge is 0.0440 e. The summed E-state index contributed by atoms with van der Waals surface area (Å²) in [5, 5.41) is 0. The summed E-state index contributed by atoms with van der Waals surface area (Å²) in [6.07, 6.45) is 4.16. The fraction of sp³-hybridized carbons (Fsp3) is 0.300. The van der Waals surface area contributed by atoms with Crippen molar-refractivity contribution >= 4 is 11.4 Å². The summed E-state index contributed by atoms with van der Waals surface area (Å²) in [6.45, 7) is 11.3. The standard InChI is InChI=1S/C20H25N/c1-5-6-7-13-21(19-10-8-9-16(2)15-19)20-12-11-17(3)14-18(20)4/h5,8-12,14-15H,1,6-7,13H2,2-4H3. The highest BCUT2D eigenvalue weighted by Gasteiger charge is 2.11. The predicted molar refractivity (Wildman–Crippen MR) is 93.5 cm³/mol. The minimum absolute atomic E-state index is 1.01. The van der Waals surface area contributed by atoms with Gasteiger partial charge in [0.2, 0.25) is 0 Å². The summed E-state index contributed by atoms with van der Waals surface area (Å²) in [5.74, 6) is 0. The van der Waals surface area contributed by atoms with Crippen LogP contribution in [-0.4, -0.2) is 6.54 Å².